The molecule has 0 saturated heterocycles. The second-order valence-electron chi connectivity index (χ2n) is 5.68. The second-order valence-corrected chi connectivity index (χ2v) is 5.68. The number of fused-ring (bicyclic) bond motifs is 1. The molecule has 1 aliphatic rings. The normalized spacial score (nSPS) is 14.2. The molecular weight excluding hydrogens is 264 g/mol. The van der Waals surface area contributed by atoms with Crippen LogP contribution in [0.2, 0.25) is 0 Å². The van der Waals surface area contributed by atoms with Crippen molar-refractivity contribution in [2.75, 3.05) is 13.6 Å². The van der Waals surface area contributed by atoms with Crippen molar-refractivity contribution in [2.45, 2.75) is 26.6 Å². The second kappa shape index (κ2) is 5.69. The summed E-state index contributed by atoms with van der Waals surface area (Å²) in [4.78, 5) is 16.3. The van der Waals surface area contributed by atoms with Crippen LogP contribution >= 0.6 is 0 Å². The standard InChI is InChI=1S/C16H20N4O/c1-12-15(7-17-18-12)8-19(2)16(21)11-20-9-13-5-3-4-6-14(13)10-20/h3-7H,8-11H2,1-2H3,(H,17,18). The number of aryl methyl sites for hydroxylation is 1. The Balaban J connectivity index is 1.56. The van der Waals surface area contributed by atoms with Crippen molar-refractivity contribution in [1.29, 1.82) is 0 Å². The number of amides is 1. The first-order valence-corrected chi connectivity index (χ1v) is 7.15. The molecule has 0 saturated carbocycles. The molecule has 5 heteroatoms. The Kier molecular flexibility index (Phi) is 3.75. The SMILES string of the molecule is Cc1[nH]ncc1CN(C)C(=O)CN1Cc2ccccc2C1. The molecule has 1 aromatic heterocycles. The van der Waals surface area contributed by atoms with Gasteiger partial charge in [-0.05, 0) is 18.1 Å². The summed E-state index contributed by atoms with van der Waals surface area (Å²) < 4.78 is 0. The maximum Gasteiger partial charge on any atom is 0.236 e. The van der Waals surface area contributed by atoms with Gasteiger partial charge in [-0.15, -0.1) is 0 Å². The van der Waals surface area contributed by atoms with Gasteiger partial charge < -0.3 is 4.90 Å². The minimum absolute atomic E-state index is 0.142. The van der Waals surface area contributed by atoms with Gasteiger partial charge in [0.25, 0.3) is 0 Å². The number of nitrogens with one attached hydrogen (secondary N) is 1. The number of hydrogen-bond acceptors (Lipinski definition) is 3. The monoisotopic (exact) mass is 284 g/mol. The van der Waals surface area contributed by atoms with Gasteiger partial charge in [-0.2, -0.15) is 5.10 Å². The van der Waals surface area contributed by atoms with E-state index in [2.05, 4.69) is 39.4 Å². The highest BCUT2D eigenvalue weighted by atomic mass is 16.2. The zero-order chi connectivity index (χ0) is 14.8. The fourth-order valence-corrected chi connectivity index (χ4v) is 2.71. The number of hydrogen-bond donors (Lipinski definition) is 1. The maximum absolute atomic E-state index is 12.3. The Morgan fingerprint density at radius 2 is 2.00 bits per heavy atom. The van der Waals surface area contributed by atoms with Crippen molar-refractivity contribution in [3.05, 3.63) is 52.8 Å². The number of carbonyl (C=O) groups is 1. The fourth-order valence-electron chi connectivity index (χ4n) is 2.71. The van der Waals surface area contributed by atoms with E-state index >= 15 is 0 Å². The van der Waals surface area contributed by atoms with Gasteiger partial charge in [0.1, 0.15) is 0 Å². The van der Waals surface area contributed by atoms with Gasteiger partial charge in [-0.1, -0.05) is 24.3 Å². The molecule has 0 atom stereocenters. The van der Waals surface area contributed by atoms with Crippen molar-refractivity contribution in [2.24, 2.45) is 0 Å². The molecule has 0 fully saturated rings. The first-order chi connectivity index (χ1) is 10.1. The van der Waals surface area contributed by atoms with Gasteiger partial charge in [0.15, 0.2) is 0 Å². The zero-order valence-electron chi connectivity index (χ0n) is 12.5. The predicted octanol–water partition coefficient (Wildman–Crippen LogP) is 1.69. The van der Waals surface area contributed by atoms with Gasteiger partial charge in [-0.3, -0.25) is 14.8 Å². The van der Waals surface area contributed by atoms with E-state index < -0.39 is 0 Å². The Hall–Kier alpha value is -2.14. The highest BCUT2D eigenvalue weighted by Crippen LogP contribution is 2.21. The predicted molar refractivity (Wildman–Crippen MR) is 80.4 cm³/mol. The van der Waals surface area contributed by atoms with Crippen LogP contribution in [0.25, 0.3) is 0 Å². The van der Waals surface area contributed by atoms with Crippen molar-refractivity contribution < 1.29 is 4.79 Å². The Morgan fingerprint density at radius 3 is 2.57 bits per heavy atom. The summed E-state index contributed by atoms with van der Waals surface area (Å²) in [5, 5.41) is 6.89. The van der Waals surface area contributed by atoms with Gasteiger partial charge >= 0.3 is 0 Å². The Morgan fingerprint density at radius 1 is 1.33 bits per heavy atom. The molecule has 21 heavy (non-hydrogen) atoms. The smallest absolute Gasteiger partial charge is 0.236 e. The van der Waals surface area contributed by atoms with E-state index in [0.29, 0.717) is 13.1 Å². The molecular formula is C16H20N4O. The van der Waals surface area contributed by atoms with E-state index in [1.165, 1.54) is 11.1 Å². The van der Waals surface area contributed by atoms with Crippen LogP contribution in [-0.4, -0.2) is 39.5 Å². The molecule has 0 spiro atoms. The van der Waals surface area contributed by atoms with Crippen molar-refractivity contribution >= 4 is 5.91 Å². The van der Waals surface area contributed by atoms with Gasteiger partial charge in [0, 0.05) is 37.9 Å². The molecule has 110 valence electrons. The van der Waals surface area contributed by atoms with Crippen molar-refractivity contribution in [3.63, 3.8) is 0 Å². The molecule has 1 aromatic carbocycles. The quantitative estimate of drug-likeness (QED) is 0.929. The van der Waals surface area contributed by atoms with Gasteiger partial charge in [-0.25, -0.2) is 0 Å². The Labute approximate surface area is 124 Å². The van der Waals surface area contributed by atoms with Crippen LogP contribution < -0.4 is 0 Å². The third kappa shape index (κ3) is 2.97. The van der Waals surface area contributed by atoms with E-state index in [1.54, 1.807) is 11.1 Å². The molecule has 3 rings (SSSR count). The summed E-state index contributed by atoms with van der Waals surface area (Å²) in [5.74, 6) is 0.142. The highest BCUT2D eigenvalue weighted by molar-refractivity contribution is 5.78. The number of carbonyl (C=O) groups excluding carboxylic acids is 1. The number of benzene rings is 1. The molecule has 5 nitrogen and oxygen atoms in total. The fraction of sp³-hybridized carbons (Fsp3) is 0.375. The van der Waals surface area contributed by atoms with E-state index in [1.807, 2.05) is 14.0 Å². The number of aromatic nitrogens is 2. The lowest BCUT2D eigenvalue weighted by Gasteiger charge is -2.21. The average Bonchev–Trinajstić information content (AvgIpc) is 3.04. The molecule has 0 unspecified atom stereocenters. The van der Waals surface area contributed by atoms with Crippen LogP contribution in [0.1, 0.15) is 22.4 Å². The lowest BCUT2D eigenvalue weighted by molar-refractivity contribution is -0.131. The van der Waals surface area contributed by atoms with Crippen molar-refractivity contribution in [3.8, 4) is 0 Å². The first-order valence-electron chi connectivity index (χ1n) is 7.15. The zero-order valence-corrected chi connectivity index (χ0v) is 12.5. The molecule has 1 aliphatic heterocycles. The van der Waals surface area contributed by atoms with Crippen LogP contribution in [-0.2, 0) is 24.4 Å². The third-order valence-corrected chi connectivity index (χ3v) is 4.03. The number of rotatable bonds is 4. The summed E-state index contributed by atoms with van der Waals surface area (Å²) >= 11 is 0. The number of aromatic amines is 1. The molecule has 0 aliphatic carbocycles. The summed E-state index contributed by atoms with van der Waals surface area (Å²) in [6.07, 6.45) is 1.78. The van der Waals surface area contributed by atoms with E-state index in [9.17, 15) is 4.79 Å². The molecule has 1 N–H and O–H groups in total. The van der Waals surface area contributed by atoms with Crippen LogP contribution in [0.3, 0.4) is 0 Å². The molecule has 2 heterocycles. The first kappa shape index (κ1) is 13.8. The van der Waals surface area contributed by atoms with Crippen LogP contribution in [0.4, 0.5) is 0 Å². The van der Waals surface area contributed by atoms with Gasteiger partial charge in [0.2, 0.25) is 5.91 Å². The summed E-state index contributed by atoms with van der Waals surface area (Å²) in [6, 6.07) is 8.38. The Bertz CT molecular complexity index is 624. The van der Waals surface area contributed by atoms with E-state index in [-0.39, 0.29) is 5.91 Å². The topological polar surface area (TPSA) is 52.2 Å². The minimum atomic E-state index is 0.142. The van der Waals surface area contributed by atoms with Crippen LogP contribution in [0.15, 0.2) is 30.5 Å². The van der Waals surface area contributed by atoms with E-state index in [4.69, 9.17) is 0 Å². The lowest BCUT2D eigenvalue weighted by Crippen LogP contribution is -2.35. The molecule has 0 bridgehead atoms. The molecule has 1 amide bonds. The summed E-state index contributed by atoms with van der Waals surface area (Å²) in [5.41, 5.74) is 4.75. The van der Waals surface area contributed by atoms with Crippen molar-refractivity contribution in [1.82, 2.24) is 20.0 Å². The summed E-state index contributed by atoms with van der Waals surface area (Å²) in [7, 11) is 1.85. The average molecular weight is 284 g/mol. The maximum atomic E-state index is 12.3. The number of H-pyrrole nitrogens is 1. The van der Waals surface area contributed by atoms with E-state index in [0.717, 1.165) is 24.3 Å². The molecule has 2 aromatic rings. The number of nitrogens with zero attached hydrogens (tertiary/aromatic N) is 3. The van der Waals surface area contributed by atoms with Crippen LogP contribution in [0.5, 0.6) is 0 Å². The molecule has 0 radical (unpaired) electrons. The minimum Gasteiger partial charge on any atom is -0.340 e. The van der Waals surface area contributed by atoms with Crippen LogP contribution in [0, 0.1) is 6.92 Å². The summed E-state index contributed by atoms with van der Waals surface area (Å²) in [6.45, 7) is 4.75. The third-order valence-electron chi connectivity index (χ3n) is 4.03. The number of likely N-dealkylation sites (N-methyl/N-ethyl adjacent to an activating group) is 1. The largest absolute Gasteiger partial charge is 0.340 e. The highest BCUT2D eigenvalue weighted by Gasteiger charge is 2.22. The lowest BCUT2D eigenvalue weighted by atomic mass is 10.1. The van der Waals surface area contributed by atoms with Gasteiger partial charge in [0.05, 0.1) is 12.7 Å².